The number of amides is 1. The molecule has 5 rings (SSSR count). The van der Waals surface area contributed by atoms with Crippen molar-refractivity contribution in [1.29, 1.82) is 0 Å². The van der Waals surface area contributed by atoms with Crippen LogP contribution in [0.3, 0.4) is 0 Å². The summed E-state index contributed by atoms with van der Waals surface area (Å²) >= 11 is 1.28. The van der Waals surface area contributed by atoms with Crippen LogP contribution in [-0.4, -0.2) is 21.1 Å². The van der Waals surface area contributed by atoms with Gasteiger partial charge in [0, 0.05) is 27.9 Å². The van der Waals surface area contributed by atoms with Crippen LogP contribution < -0.4 is 10.5 Å². The lowest BCUT2D eigenvalue weighted by Gasteiger charge is -2.35. The van der Waals surface area contributed by atoms with E-state index in [1.807, 2.05) is 85.8 Å². The van der Waals surface area contributed by atoms with Gasteiger partial charge in [-0.1, -0.05) is 86.3 Å². The molecular formula is C30H29N3O2S. The number of aromatic nitrogens is 2. The van der Waals surface area contributed by atoms with Crippen molar-refractivity contribution >= 4 is 29.0 Å². The Balaban J connectivity index is 1.51. The van der Waals surface area contributed by atoms with Crippen molar-refractivity contribution in [3.05, 3.63) is 106 Å². The number of aromatic amines is 1. The Morgan fingerprint density at radius 1 is 1.00 bits per heavy atom. The van der Waals surface area contributed by atoms with E-state index in [4.69, 9.17) is 4.98 Å². The molecule has 182 valence electrons. The molecule has 36 heavy (non-hydrogen) atoms. The van der Waals surface area contributed by atoms with Crippen LogP contribution in [0.25, 0.3) is 11.3 Å². The van der Waals surface area contributed by atoms with E-state index in [-0.39, 0.29) is 16.9 Å². The van der Waals surface area contributed by atoms with Gasteiger partial charge in [0.2, 0.25) is 5.91 Å². The molecule has 0 spiro atoms. The third kappa shape index (κ3) is 4.37. The SMILES string of the molecule is CC[C@@]1(C)Cc2ccccc2-c2nc(S[C@H](C)C(=O)N(c3ccccc3)c3ccccc3)[nH]c(=O)c21. The van der Waals surface area contributed by atoms with Gasteiger partial charge in [0.15, 0.2) is 5.16 Å². The largest absolute Gasteiger partial charge is 0.301 e. The van der Waals surface area contributed by atoms with Crippen LogP contribution in [-0.2, 0) is 16.6 Å². The second-order valence-corrected chi connectivity index (χ2v) is 10.8. The monoisotopic (exact) mass is 495 g/mol. The molecule has 6 heteroatoms. The fourth-order valence-electron chi connectivity index (χ4n) is 4.94. The third-order valence-corrected chi connectivity index (χ3v) is 7.99. The number of para-hydroxylation sites is 2. The second-order valence-electron chi connectivity index (χ2n) is 9.45. The highest BCUT2D eigenvalue weighted by molar-refractivity contribution is 8.00. The van der Waals surface area contributed by atoms with Gasteiger partial charge in [-0.25, -0.2) is 4.98 Å². The highest BCUT2D eigenvalue weighted by atomic mass is 32.2. The van der Waals surface area contributed by atoms with Crippen molar-refractivity contribution in [3.8, 4) is 11.3 Å². The quantitative estimate of drug-likeness (QED) is 0.245. The number of hydrogen-bond acceptors (Lipinski definition) is 4. The number of benzene rings is 3. The number of fused-ring (bicyclic) bond motifs is 3. The lowest BCUT2D eigenvalue weighted by atomic mass is 9.69. The van der Waals surface area contributed by atoms with Crippen molar-refractivity contribution < 1.29 is 4.79 Å². The number of carbonyl (C=O) groups is 1. The number of carbonyl (C=O) groups excluding carboxylic acids is 1. The van der Waals surface area contributed by atoms with Gasteiger partial charge in [-0.15, -0.1) is 0 Å². The molecule has 1 aliphatic carbocycles. The highest BCUT2D eigenvalue weighted by Gasteiger charge is 2.37. The smallest absolute Gasteiger partial charge is 0.255 e. The van der Waals surface area contributed by atoms with E-state index in [0.717, 1.165) is 41.0 Å². The average Bonchev–Trinajstić information content (AvgIpc) is 2.90. The van der Waals surface area contributed by atoms with E-state index in [1.165, 1.54) is 17.3 Å². The van der Waals surface area contributed by atoms with E-state index in [9.17, 15) is 9.59 Å². The average molecular weight is 496 g/mol. The Kier molecular flexibility index (Phi) is 6.54. The first-order valence-electron chi connectivity index (χ1n) is 12.2. The zero-order chi connectivity index (χ0) is 25.3. The lowest BCUT2D eigenvalue weighted by Crippen LogP contribution is -2.37. The standard InChI is InChI=1S/C30H29N3O2S/c1-4-30(3)19-21-13-11-12-18-24(21)26-25(30)27(34)32-29(31-26)36-20(2)28(35)33(22-14-7-5-8-15-22)23-16-9-6-10-17-23/h5-18,20H,4,19H2,1-3H3,(H,31,32,34)/t20-,30+/m1/s1. The van der Waals surface area contributed by atoms with Gasteiger partial charge in [0.1, 0.15) is 0 Å². The van der Waals surface area contributed by atoms with Crippen LogP contribution in [0.5, 0.6) is 0 Å². The second kappa shape index (κ2) is 9.78. The Bertz CT molecular complexity index is 1410. The molecule has 5 nitrogen and oxygen atoms in total. The van der Waals surface area contributed by atoms with Crippen LogP contribution in [0.1, 0.15) is 38.3 Å². The van der Waals surface area contributed by atoms with E-state index < -0.39 is 5.25 Å². The van der Waals surface area contributed by atoms with Crippen molar-refractivity contribution in [2.45, 2.75) is 49.4 Å². The molecule has 4 aromatic rings. The maximum absolute atomic E-state index is 13.8. The molecule has 1 heterocycles. The van der Waals surface area contributed by atoms with E-state index in [2.05, 4.69) is 24.9 Å². The Morgan fingerprint density at radius 3 is 2.19 bits per heavy atom. The number of nitrogens with zero attached hydrogens (tertiary/aromatic N) is 2. The number of hydrogen-bond donors (Lipinski definition) is 1. The third-order valence-electron chi connectivity index (χ3n) is 7.02. The van der Waals surface area contributed by atoms with Gasteiger partial charge in [0.25, 0.3) is 5.56 Å². The Hall–Kier alpha value is -3.64. The molecule has 1 N–H and O–H groups in total. The number of H-pyrrole nitrogens is 1. The molecule has 1 aromatic heterocycles. The first-order chi connectivity index (χ1) is 17.4. The van der Waals surface area contributed by atoms with Gasteiger partial charge in [-0.2, -0.15) is 0 Å². The zero-order valence-corrected chi connectivity index (χ0v) is 21.5. The summed E-state index contributed by atoms with van der Waals surface area (Å²) in [7, 11) is 0. The summed E-state index contributed by atoms with van der Waals surface area (Å²) in [5.74, 6) is -0.0865. The van der Waals surface area contributed by atoms with Crippen LogP contribution in [0.2, 0.25) is 0 Å². The number of thioether (sulfide) groups is 1. The molecular weight excluding hydrogens is 466 g/mol. The summed E-state index contributed by atoms with van der Waals surface area (Å²) in [5, 5.41) is -0.0289. The fourth-order valence-corrected chi connectivity index (χ4v) is 5.77. The van der Waals surface area contributed by atoms with Crippen LogP contribution in [0, 0.1) is 0 Å². The predicted molar refractivity (Wildman–Crippen MR) is 147 cm³/mol. The van der Waals surface area contributed by atoms with E-state index in [1.54, 1.807) is 4.90 Å². The molecule has 3 aromatic carbocycles. The van der Waals surface area contributed by atoms with Crippen molar-refractivity contribution in [2.75, 3.05) is 4.90 Å². The molecule has 0 radical (unpaired) electrons. The van der Waals surface area contributed by atoms with Gasteiger partial charge in [0.05, 0.1) is 10.9 Å². The molecule has 0 bridgehead atoms. The molecule has 1 aliphatic rings. The summed E-state index contributed by atoms with van der Waals surface area (Å²) in [6.07, 6.45) is 1.64. The lowest BCUT2D eigenvalue weighted by molar-refractivity contribution is -0.117. The highest BCUT2D eigenvalue weighted by Crippen LogP contribution is 2.42. The minimum absolute atomic E-state index is 0.0865. The van der Waals surface area contributed by atoms with Gasteiger partial charge >= 0.3 is 0 Å². The molecule has 0 aliphatic heterocycles. The Labute approximate surface area is 215 Å². The summed E-state index contributed by atoms with van der Waals surface area (Å²) in [4.78, 5) is 36.8. The number of anilines is 2. The normalized spacial score (nSPS) is 17.1. The van der Waals surface area contributed by atoms with E-state index in [0.29, 0.717) is 5.16 Å². The first kappa shape index (κ1) is 24.1. The van der Waals surface area contributed by atoms with Crippen molar-refractivity contribution in [2.24, 2.45) is 0 Å². The summed E-state index contributed by atoms with van der Waals surface area (Å²) < 4.78 is 0. The maximum atomic E-state index is 13.8. The zero-order valence-electron chi connectivity index (χ0n) is 20.7. The van der Waals surface area contributed by atoms with Gasteiger partial charge in [-0.3, -0.25) is 14.5 Å². The molecule has 2 atom stereocenters. The van der Waals surface area contributed by atoms with Crippen molar-refractivity contribution in [3.63, 3.8) is 0 Å². The summed E-state index contributed by atoms with van der Waals surface area (Å²) in [6, 6.07) is 27.4. The number of nitrogens with one attached hydrogen (secondary N) is 1. The van der Waals surface area contributed by atoms with Gasteiger partial charge < -0.3 is 4.98 Å². The molecule has 0 saturated carbocycles. The molecule has 0 unspecified atom stereocenters. The minimum atomic E-state index is -0.483. The van der Waals surface area contributed by atoms with Crippen molar-refractivity contribution in [1.82, 2.24) is 9.97 Å². The van der Waals surface area contributed by atoms with Gasteiger partial charge in [-0.05, 0) is 49.6 Å². The minimum Gasteiger partial charge on any atom is -0.301 e. The summed E-state index contributed by atoms with van der Waals surface area (Å²) in [6.45, 7) is 6.10. The topological polar surface area (TPSA) is 66.1 Å². The molecule has 0 fully saturated rings. The molecule has 0 saturated heterocycles. The van der Waals surface area contributed by atoms with Crippen LogP contribution >= 0.6 is 11.8 Å². The maximum Gasteiger partial charge on any atom is 0.255 e. The number of rotatable bonds is 6. The van der Waals surface area contributed by atoms with E-state index >= 15 is 0 Å². The Morgan fingerprint density at radius 2 is 1.58 bits per heavy atom. The predicted octanol–water partition coefficient (Wildman–Crippen LogP) is 6.51. The summed E-state index contributed by atoms with van der Waals surface area (Å²) in [5.41, 5.74) is 4.85. The first-order valence-corrected chi connectivity index (χ1v) is 13.1. The molecule has 1 amide bonds. The van der Waals surface area contributed by atoms with Crippen LogP contribution in [0.15, 0.2) is 94.9 Å². The fraction of sp³-hybridized carbons (Fsp3) is 0.233. The van der Waals surface area contributed by atoms with Crippen LogP contribution in [0.4, 0.5) is 11.4 Å².